The van der Waals surface area contributed by atoms with E-state index in [4.69, 9.17) is 4.98 Å². The molecule has 2 aromatic heterocycles. The van der Waals surface area contributed by atoms with Crippen molar-refractivity contribution in [3.63, 3.8) is 0 Å². The van der Waals surface area contributed by atoms with Gasteiger partial charge >= 0.3 is 0 Å². The summed E-state index contributed by atoms with van der Waals surface area (Å²) in [6.45, 7) is 6.78. The van der Waals surface area contributed by atoms with E-state index in [1.807, 2.05) is 48.7 Å². The number of benzene rings is 1. The van der Waals surface area contributed by atoms with Gasteiger partial charge in [-0.2, -0.15) is 0 Å². The lowest BCUT2D eigenvalue weighted by Gasteiger charge is -2.14. The molecule has 0 radical (unpaired) electrons. The molecule has 1 unspecified atom stereocenters. The fourth-order valence-electron chi connectivity index (χ4n) is 2.32. The van der Waals surface area contributed by atoms with Crippen molar-refractivity contribution in [1.82, 2.24) is 15.3 Å². The molecule has 2 heterocycles. The summed E-state index contributed by atoms with van der Waals surface area (Å²) >= 11 is 3.10. The number of carbonyl (C=O) groups excluding carboxylic acids is 1. The smallest absolute Gasteiger partial charge is 0.233 e. The van der Waals surface area contributed by atoms with Gasteiger partial charge in [0.25, 0.3) is 0 Å². The number of rotatable bonds is 6. The summed E-state index contributed by atoms with van der Waals surface area (Å²) < 4.78 is 0. The van der Waals surface area contributed by atoms with Crippen molar-refractivity contribution in [1.29, 1.82) is 0 Å². The number of carbonyl (C=O) groups is 1. The van der Waals surface area contributed by atoms with E-state index in [9.17, 15) is 4.79 Å². The fourth-order valence-corrected chi connectivity index (χ4v) is 3.94. The van der Waals surface area contributed by atoms with Crippen molar-refractivity contribution in [2.75, 3.05) is 6.54 Å². The highest BCUT2D eigenvalue weighted by Crippen LogP contribution is 2.32. The summed E-state index contributed by atoms with van der Waals surface area (Å²) in [7, 11) is 0. The maximum Gasteiger partial charge on any atom is 0.233 e. The normalized spacial score (nSPS) is 12.5. The van der Waals surface area contributed by atoms with Crippen LogP contribution in [0.15, 0.2) is 46.8 Å². The standard InChI is InChI=1S/C19H21N3OS2/c1-12(2)11-20-18(23)13(3)25-19-14-7-4-5-8-15(14)21-17(22-19)16-9-6-10-24-16/h4-10,12-13H,11H2,1-3H3,(H,20,23). The minimum Gasteiger partial charge on any atom is -0.355 e. The summed E-state index contributed by atoms with van der Waals surface area (Å²) in [6, 6.07) is 12.0. The van der Waals surface area contributed by atoms with Gasteiger partial charge in [-0.15, -0.1) is 11.3 Å². The second-order valence-corrected chi connectivity index (χ2v) is 8.52. The third-order valence-corrected chi connectivity index (χ3v) is 5.62. The number of aromatic nitrogens is 2. The molecule has 130 valence electrons. The molecular formula is C19H21N3OS2. The van der Waals surface area contributed by atoms with Crippen LogP contribution in [0.25, 0.3) is 21.6 Å². The zero-order chi connectivity index (χ0) is 17.8. The van der Waals surface area contributed by atoms with Crippen LogP contribution in [0.3, 0.4) is 0 Å². The number of fused-ring (bicyclic) bond motifs is 1. The monoisotopic (exact) mass is 371 g/mol. The molecule has 3 aromatic rings. The van der Waals surface area contributed by atoms with Gasteiger partial charge < -0.3 is 5.32 Å². The molecule has 25 heavy (non-hydrogen) atoms. The number of amides is 1. The lowest BCUT2D eigenvalue weighted by Crippen LogP contribution is -2.33. The second kappa shape index (κ2) is 7.97. The summed E-state index contributed by atoms with van der Waals surface area (Å²) in [4.78, 5) is 22.8. The zero-order valence-electron chi connectivity index (χ0n) is 14.5. The van der Waals surface area contributed by atoms with Crippen molar-refractivity contribution in [2.45, 2.75) is 31.0 Å². The molecule has 6 heteroatoms. The molecule has 0 saturated carbocycles. The van der Waals surface area contributed by atoms with Crippen LogP contribution in [0.1, 0.15) is 20.8 Å². The molecule has 0 bridgehead atoms. The van der Waals surface area contributed by atoms with E-state index < -0.39 is 0 Å². The Bertz CT molecular complexity index is 862. The van der Waals surface area contributed by atoms with Gasteiger partial charge in [0.1, 0.15) is 5.03 Å². The van der Waals surface area contributed by atoms with Crippen LogP contribution in [-0.4, -0.2) is 27.7 Å². The van der Waals surface area contributed by atoms with Crippen LogP contribution in [0.2, 0.25) is 0 Å². The quantitative estimate of drug-likeness (QED) is 0.508. The van der Waals surface area contributed by atoms with Crippen LogP contribution in [0.4, 0.5) is 0 Å². The predicted molar refractivity (Wildman–Crippen MR) is 106 cm³/mol. The first-order valence-corrected chi connectivity index (χ1v) is 10.1. The maximum absolute atomic E-state index is 12.3. The largest absolute Gasteiger partial charge is 0.355 e. The van der Waals surface area contributed by atoms with Crippen molar-refractivity contribution < 1.29 is 4.79 Å². The topological polar surface area (TPSA) is 54.9 Å². The molecule has 3 rings (SSSR count). The average molecular weight is 372 g/mol. The van der Waals surface area contributed by atoms with Gasteiger partial charge in [-0.3, -0.25) is 4.79 Å². The van der Waals surface area contributed by atoms with Gasteiger partial charge in [0.2, 0.25) is 5.91 Å². The molecule has 1 amide bonds. The van der Waals surface area contributed by atoms with E-state index in [2.05, 4.69) is 24.1 Å². The van der Waals surface area contributed by atoms with E-state index >= 15 is 0 Å². The van der Waals surface area contributed by atoms with Crippen molar-refractivity contribution in [2.24, 2.45) is 5.92 Å². The van der Waals surface area contributed by atoms with E-state index in [0.717, 1.165) is 20.8 Å². The maximum atomic E-state index is 12.3. The number of hydrogen-bond donors (Lipinski definition) is 1. The Labute approximate surface area is 156 Å². The molecule has 0 saturated heterocycles. The van der Waals surface area contributed by atoms with Crippen LogP contribution in [0.5, 0.6) is 0 Å². The molecule has 1 N–H and O–H groups in total. The highest BCUT2D eigenvalue weighted by atomic mass is 32.2. The summed E-state index contributed by atoms with van der Waals surface area (Å²) in [5.41, 5.74) is 0.901. The van der Waals surface area contributed by atoms with Gasteiger partial charge in [-0.1, -0.05) is 49.9 Å². The van der Waals surface area contributed by atoms with E-state index in [-0.39, 0.29) is 11.2 Å². The number of thioether (sulfide) groups is 1. The third-order valence-electron chi connectivity index (χ3n) is 3.65. The summed E-state index contributed by atoms with van der Waals surface area (Å²) in [5, 5.41) is 6.62. The number of thiophene rings is 1. The average Bonchev–Trinajstić information content (AvgIpc) is 3.14. The first kappa shape index (κ1) is 17.9. The number of nitrogens with zero attached hydrogens (tertiary/aromatic N) is 2. The predicted octanol–water partition coefficient (Wildman–Crippen LogP) is 4.61. The molecule has 0 aliphatic heterocycles. The lowest BCUT2D eigenvalue weighted by atomic mass is 10.2. The lowest BCUT2D eigenvalue weighted by molar-refractivity contribution is -0.120. The van der Waals surface area contributed by atoms with Crippen molar-refractivity contribution in [3.8, 4) is 10.7 Å². The van der Waals surface area contributed by atoms with Crippen molar-refractivity contribution in [3.05, 3.63) is 41.8 Å². The minimum atomic E-state index is -0.215. The first-order valence-electron chi connectivity index (χ1n) is 8.29. The van der Waals surface area contributed by atoms with E-state index in [0.29, 0.717) is 18.3 Å². The van der Waals surface area contributed by atoms with Gasteiger partial charge in [0.15, 0.2) is 5.82 Å². The molecule has 4 nitrogen and oxygen atoms in total. The van der Waals surface area contributed by atoms with Crippen LogP contribution in [0, 0.1) is 5.92 Å². The molecule has 0 aliphatic carbocycles. The van der Waals surface area contributed by atoms with E-state index in [1.54, 1.807) is 11.3 Å². The second-order valence-electron chi connectivity index (χ2n) is 6.25. The summed E-state index contributed by atoms with van der Waals surface area (Å²) in [5.74, 6) is 1.19. The van der Waals surface area contributed by atoms with Gasteiger partial charge in [0.05, 0.1) is 15.6 Å². The number of nitrogens with one attached hydrogen (secondary N) is 1. The minimum absolute atomic E-state index is 0.0408. The van der Waals surface area contributed by atoms with Gasteiger partial charge in [-0.25, -0.2) is 9.97 Å². The third kappa shape index (κ3) is 4.38. The Morgan fingerprint density at radius 3 is 2.68 bits per heavy atom. The van der Waals surface area contributed by atoms with Gasteiger partial charge in [-0.05, 0) is 30.4 Å². The number of para-hydroxylation sites is 1. The Morgan fingerprint density at radius 1 is 1.16 bits per heavy atom. The number of hydrogen-bond acceptors (Lipinski definition) is 5. The summed E-state index contributed by atoms with van der Waals surface area (Å²) in [6.07, 6.45) is 0. The van der Waals surface area contributed by atoms with Crippen LogP contribution < -0.4 is 5.32 Å². The Morgan fingerprint density at radius 2 is 1.96 bits per heavy atom. The van der Waals surface area contributed by atoms with Crippen LogP contribution >= 0.6 is 23.1 Å². The first-order chi connectivity index (χ1) is 12.0. The fraction of sp³-hybridized carbons (Fsp3) is 0.316. The Hall–Kier alpha value is -1.92. The SMILES string of the molecule is CC(C)CNC(=O)C(C)Sc1nc(-c2cccs2)nc2ccccc12. The Balaban J connectivity index is 1.90. The molecule has 1 atom stereocenters. The Kier molecular flexibility index (Phi) is 5.71. The molecule has 0 aliphatic rings. The highest BCUT2D eigenvalue weighted by Gasteiger charge is 2.18. The van der Waals surface area contributed by atoms with Gasteiger partial charge in [0, 0.05) is 11.9 Å². The zero-order valence-corrected chi connectivity index (χ0v) is 16.2. The molecule has 0 fully saturated rings. The molecule has 1 aromatic carbocycles. The molecular weight excluding hydrogens is 350 g/mol. The van der Waals surface area contributed by atoms with Crippen LogP contribution in [-0.2, 0) is 4.79 Å². The molecule has 0 spiro atoms. The van der Waals surface area contributed by atoms with E-state index in [1.165, 1.54) is 11.8 Å². The van der Waals surface area contributed by atoms with Crippen molar-refractivity contribution >= 4 is 39.9 Å². The highest BCUT2D eigenvalue weighted by molar-refractivity contribution is 8.00.